The highest BCUT2D eigenvalue weighted by atomic mass is 32.1. The number of fused-ring (bicyclic) bond motifs is 14. The molecule has 0 aliphatic carbocycles. The number of para-hydroxylation sites is 1. The minimum atomic E-state index is 0.891. The van der Waals surface area contributed by atoms with Gasteiger partial charge in [0, 0.05) is 85.0 Å². The Morgan fingerprint density at radius 2 is 1.06 bits per heavy atom. The van der Waals surface area contributed by atoms with Crippen molar-refractivity contribution in [2.24, 2.45) is 0 Å². The lowest BCUT2D eigenvalue weighted by Crippen LogP contribution is -2.09. The van der Waals surface area contributed by atoms with E-state index in [1.807, 2.05) is 22.7 Å². The highest BCUT2D eigenvalue weighted by Gasteiger charge is 2.19. The summed E-state index contributed by atoms with van der Waals surface area (Å²) in [7, 11) is 0. The Labute approximate surface area is 283 Å². The van der Waals surface area contributed by atoms with Gasteiger partial charge in [-0.3, -0.25) is 0 Å². The van der Waals surface area contributed by atoms with Gasteiger partial charge in [0.25, 0.3) is 0 Å². The quantitative estimate of drug-likeness (QED) is 0.190. The Bertz CT molecular complexity index is 3070. The van der Waals surface area contributed by atoms with E-state index in [4.69, 9.17) is 4.42 Å². The normalized spacial score (nSPS) is 12.2. The molecule has 0 amide bonds. The molecule has 0 aliphatic heterocycles. The Balaban J connectivity index is 1.10. The molecular formula is C44H25NOS2. The van der Waals surface area contributed by atoms with Crippen LogP contribution in [0.3, 0.4) is 0 Å². The van der Waals surface area contributed by atoms with Crippen LogP contribution in [-0.4, -0.2) is 0 Å². The molecule has 0 fully saturated rings. The lowest BCUT2D eigenvalue weighted by atomic mass is 10.0. The first-order chi connectivity index (χ1) is 23.8. The fourth-order valence-electron chi connectivity index (χ4n) is 7.65. The highest BCUT2D eigenvalue weighted by Crippen LogP contribution is 2.45. The minimum absolute atomic E-state index is 0.891. The van der Waals surface area contributed by atoms with Crippen LogP contribution in [0.4, 0.5) is 17.1 Å². The molecule has 0 bridgehead atoms. The number of anilines is 3. The molecule has 3 aromatic heterocycles. The molecule has 0 aliphatic rings. The molecular weight excluding hydrogens is 623 g/mol. The van der Waals surface area contributed by atoms with Gasteiger partial charge >= 0.3 is 0 Å². The molecule has 48 heavy (non-hydrogen) atoms. The van der Waals surface area contributed by atoms with E-state index in [1.165, 1.54) is 56.5 Å². The van der Waals surface area contributed by atoms with Crippen LogP contribution < -0.4 is 4.90 Å². The molecule has 224 valence electrons. The van der Waals surface area contributed by atoms with E-state index < -0.39 is 0 Å². The van der Waals surface area contributed by atoms with Gasteiger partial charge in [0.1, 0.15) is 11.2 Å². The second kappa shape index (κ2) is 9.91. The number of rotatable bonds is 3. The van der Waals surface area contributed by atoms with Crippen molar-refractivity contribution >= 4 is 124 Å². The van der Waals surface area contributed by atoms with Crippen LogP contribution >= 0.6 is 22.7 Å². The predicted molar refractivity (Wildman–Crippen MR) is 209 cm³/mol. The van der Waals surface area contributed by atoms with Crippen molar-refractivity contribution in [3.63, 3.8) is 0 Å². The maximum atomic E-state index is 6.78. The summed E-state index contributed by atoms with van der Waals surface area (Å²) >= 11 is 3.73. The topological polar surface area (TPSA) is 16.4 Å². The average molecular weight is 648 g/mol. The van der Waals surface area contributed by atoms with Crippen molar-refractivity contribution in [2.75, 3.05) is 4.90 Å². The zero-order valence-corrected chi connectivity index (χ0v) is 27.2. The van der Waals surface area contributed by atoms with Crippen molar-refractivity contribution < 1.29 is 4.42 Å². The molecule has 0 spiro atoms. The first-order valence-corrected chi connectivity index (χ1v) is 17.8. The molecule has 4 heteroatoms. The Morgan fingerprint density at radius 1 is 0.396 bits per heavy atom. The molecule has 3 heterocycles. The van der Waals surface area contributed by atoms with Crippen molar-refractivity contribution in [1.82, 2.24) is 0 Å². The van der Waals surface area contributed by atoms with E-state index in [-0.39, 0.29) is 0 Å². The maximum absolute atomic E-state index is 6.78. The molecule has 11 aromatic rings. The van der Waals surface area contributed by atoms with Crippen molar-refractivity contribution in [2.45, 2.75) is 0 Å². The number of thiophene rings is 2. The number of hydrogen-bond acceptors (Lipinski definition) is 4. The predicted octanol–water partition coefficient (Wildman–Crippen LogP) is 14.1. The number of furan rings is 1. The Hall–Kier alpha value is -5.68. The van der Waals surface area contributed by atoms with Gasteiger partial charge in [0.15, 0.2) is 0 Å². The van der Waals surface area contributed by atoms with E-state index in [2.05, 4.69) is 157 Å². The average Bonchev–Trinajstić information content (AvgIpc) is 3.83. The summed E-state index contributed by atoms with van der Waals surface area (Å²) in [6.45, 7) is 0. The van der Waals surface area contributed by atoms with Crippen molar-refractivity contribution in [3.05, 3.63) is 152 Å². The largest absolute Gasteiger partial charge is 0.455 e. The number of hydrogen-bond donors (Lipinski definition) is 0. The Morgan fingerprint density at radius 3 is 1.94 bits per heavy atom. The van der Waals surface area contributed by atoms with E-state index in [9.17, 15) is 0 Å². The molecule has 11 rings (SSSR count). The third-order valence-corrected chi connectivity index (χ3v) is 12.2. The van der Waals surface area contributed by atoms with Crippen LogP contribution in [0.2, 0.25) is 0 Å². The third-order valence-electron chi connectivity index (χ3n) is 9.83. The van der Waals surface area contributed by atoms with E-state index >= 15 is 0 Å². The summed E-state index contributed by atoms with van der Waals surface area (Å²) in [5.74, 6) is 0. The van der Waals surface area contributed by atoms with Crippen molar-refractivity contribution in [1.29, 1.82) is 0 Å². The second-order valence-electron chi connectivity index (χ2n) is 12.5. The van der Waals surface area contributed by atoms with Gasteiger partial charge in [-0.2, -0.15) is 0 Å². The fourth-order valence-corrected chi connectivity index (χ4v) is 10.0. The van der Waals surface area contributed by atoms with Gasteiger partial charge in [-0.15, -0.1) is 22.7 Å². The monoisotopic (exact) mass is 647 g/mol. The van der Waals surface area contributed by atoms with E-state index in [0.717, 1.165) is 44.4 Å². The van der Waals surface area contributed by atoms with E-state index in [0.29, 0.717) is 0 Å². The van der Waals surface area contributed by atoms with E-state index in [1.54, 1.807) is 0 Å². The molecule has 0 saturated heterocycles. The summed E-state index contributed by atoms with van der Waals surface area (Å²) in [6.07, 6.45) is 0. The zero-order chi connectivity index (χ0) is 31.3. The minimum Gasteiger partial charge on any atom is -0.455 e. The standard InChI is InChI=1S/C44H25NOS2/c1-2-9-27(10-3-1)45(29-16-18-37-41(25-29)47-40-23-14-26-8-4-5-11-30(26)42(37)40)28-15-17-31-33-19-22-36-34(43(33)46-38(31)24-28)20-21-35-32-12-6-7-13-39(32)48-44(35)36/h1-25H. The van der Waals surface area contributed by atoms with Gasteiger partial charge in [0.05, 0.1) is 0 Å². The van der Waals surface area contributed by atoms with Gasteiger partial charge < -0.3 is 9.32 Å². The second-order valence-corrected chi connectivity index (χ2v) is 14.6. The van der Waals surface area contributed by atoms with Crippen molar-refractivity contribution in [3.8, 4) is 0 Å². The lowest BCUT2D eigenvalue weighted by molar-refractivity contribution is 0.673. The molecule has 0 saturated carbocycles. The molecule has 0 radical (unpaired) electrons. The molecule has 0 unspecified atom stereocenters. The third kappa shape index (κ3) is 3.73. The first kappa shape index (κ1) is 26.4. The van der Waals surface area contributed by atoms with Gasteiger partial charge in [-0.1, -0.05) is 84.9 Å². The van der Waals surface area contributed by atoms with Crippen LogP contribution in [0, 0.1) is 0 Å². The lowest BCUT2D eigenvalue weighted by Gasteiger charge is -2.25. The van der Waals surface area contributed by atoms with Crippen LogP contribution in [0.15, 0.2) is 156 Å². The summed E-state index contributed by atoms with van der Waals surface area (Å²) in [5.41, 5.74) is 5.13. The fraction of sp³-hybridized carbons (Fsp3) is 0. The summed E-state index contributed by atoms with van der Waals surface area (Å²) in [4.78, 5) is 2.34. The SMILES string of the molecule is c1ccc(N(c2ccc3c(c2)oc2c3ccc3c2ccc2c4ccccc4sc23)c2ccc3c(c2)sc2ccc4ccccc4c23)cc1. The highest BCUT2D eigenvalue weighted by molar-refractivity contribution is 7.27. The van der Waals surface area contributed by atoms with Gasteiger partial charge in [-0.05, 0) is 71.4 Å². The van der Waals surface area contributed by atoms with Gasteiger partial charge in [-0.25, -0.2) is 0 Å². The summed E-state index contributed by atoms with van der Waals surface area (Å²) in [5, 5.41) is 12.5. The first-order valence-electron chi connectivity index (χ1n) is 16.2. The maximum Gasteiger partial charge on any atom is 0.143 e. The summed E-state index contributed by atoms with van der Waals surface area (Å²) < 4.78 is 12.0. The van der Waals surface area contributed by atoms with Crippen LogP contribution in [0.5, 0.6) is 0 Å². The Kier molecular flexibility index (Phi) is 5.45. The zero-order valence-electron chi connectivity index (χ0n) is 25.6. The molecule has 2 nitrogen and oxygen atoms in total. The summed E-state index contributed by atoms with van der Waals surface area (Å²) in [6, 6.07) is 55.1. The molecule has 0 atom stereocenters. The smallest absolute Gasteiger partial charge is 0.143 e. The number of nitrogens with zero attached hydrogens (tertiary/aromatic N) is 1. The van der Waals surface area contributed by atoms with Gasteiger partial charge in [0.2, 0.25) is 0 Å². The van der Waals surface area contributed by atoms with Crippen LogP contribution in [0.1, 0.15) is 0 Å². The van der Waals surface area contributed by atoms with Crippen LogP contribution in [-0.2, 0) is 0 Å². The molecule has 8 aromatic carbocycles. The van der Waals surface area contributed by atoms with Crippen LogP contribution in [0.25, 0.3) is 83.8 Å². The number of benzene rings is 8. The molecule has 0 N–H and O–H groups in total.